The predicted molar refractivity (Wildman–Crippen MR) is 114 cm³/mol. The molecule has 0 unspecified atom stereocenters. The summed E-state index contributed by atoms with van der Waals surface area (Å²) in [5.41, 5.74) is 4.26. The molecule has 1 aromatic heterocycles. The smallest absolute Gasteiger partial charge is 0.250 e. The van der Waals surface area contributed by atoms with Crippen molar-refractivity contribution in [3.05, 3.63) is 71.5 Å². The van der Waals surface area contributed by atoms with Crippen molar-refractivity contribution in [1.82, 2.24) is 15.0 Å². The SMILES string of the molecule is Fc1ccccc1C=NNc1nc(NCc2ccccc2)nc(N2CCOCC2)n1. The minimum atomic E-state index is -0.349. The molecule has 1 fully saturated rings. The van der Waals surface area contributed by atoms with E-state index in [1.807, 2.05) is 35.2 Å². The van der Waals surface area contributed by atoms with Gasteiger partial charge in [0.05, 0.1) is 19.4 Å². The summed E-state index contributed by atoms with van der Waals surface area (Å²) < 4.78 is 19.2. The molecule has 1 aliphatic rings. The Morgan fingerprint density at radius 2 is 1.70 bits per heavy atom. The first kappa shape index (κ1) is 19.7. The largest absolute Gasteiger partial charge is 0.378 e. The minimum absolute atomic E-state index is 0.273. The Labute approximate surface area is 173 Å². The van der Waals surface area contributed by atoms with Crippen LogP contribution < -0.4 is 15.6 Å². The number of anilines is 3. The molecule has 1 aliphatic heterocycles. The second-order valence-electron chi connectivity index (χ2n) is 6.61. The maximum absolute atomic E-state index is 13.8. The van der Waals surface area contributed by atoms with Crippen LogP contribution in [-0.4, -0.2) is 47.5 Å². The fraction of sp³-hybridized carbons (Fsp3) is 0.238. The van der Waals surface area contributed by atoms with Crippen molar-refractivity contribution in [1.29, 1.82) is 0 Å². The van der Waals surface area contributed by atoms with Crippen LogP contribution in [0.3, 0.4) is 0 Å². The van der Waals surface area contributed by atoms with Crippen LogP contribution in [0.1, 0.15) is 11.1 Å². The quantitative estimate of drug-likeness (QED) is 0.460. The van der Waals surface area contributed by atoms with Gasteiger partial charge in [-0.1, -0.05) is 48.5 Å². The highest BCUT2D eigenvalue weighted by Gasteiger charge is 2.16. The molecule has 8 nitrogen and oxygen atoms in total. The first-order chi connectivity index (χ1) is 14.8. The number of rotatable bonds is 7. The molecule has 1 saturated heterocycles. The summed E-state index contributed by atoms with van der Waals surface area (Å²) in [6.45, 7) is 3.20. The molecule has 0 radical (unpaired) electrons. The van der Waals surface area contributed by atoms with Crippen LogP contribution in [0.5, 0.6) is 0 Å². The Morgan fingerprint density at radius 3 is 2.50 bits per heavy atom. The van der Waals surface area contributed by atoms with Crippen molar-refractivity contribution < 1.29 is 9.13 Å². The molecule has 3 aromatic rings. The summed E-state index contributed by atoms with van der Waals surface area (Å²) >= 11 is 0. The third-order valence-corrected chi connectivity index (χ3v) is 4.48. The van der Waals surface area contributed by atoms with Gasteiger partial charge >= 0.3 is 0 Å². The van der Waals surface area contributed by atoms with Crippen LogP contribution in [0, 0.1) is 5.82 Å². The van der Waals surface area contributed by atoms with Crippen molar-refractivity contribution in [3.63, 3.8) is 0 Å². The highest BCUT2D eigenvalue weighted by molar-refractivity contribution is 5.80. The topological polar surface area (TPSA) is 87.6 Å². The zero-order chi connectivity index (χ0) is 20.6. The average molecular weight is 407 g/mol. The van der Waals surface area contributed by atoms with Crippen LogP contribution in [0.2, 0.25) is 0 Å². The van der Waals surface area contributed by atoms with Crippen LogP contribution in [0.4, 0.5) is 22.2 Å². The van der Waals surface area contributed by atoms with Gasteiger partial charge in [0.1, 0.15) is 5.82 Å². The van der Waals surface area contributed by atoms with Gasteiger partial charge in [0.25, 0.3) is 0 Å². The maximum atomic E-state index is 13.8. The van der Waals surface area contributed by atoms with Gasteiger partial charge in [-0.05, 0) is 11.6 Å². The van der Waals surface area contributed by atoms with E-state index in [-0.39, 0.29) is 11.8 Å². The van der Waals surface area contributed by atoms with Gasteiger partial charge in [-0.25, -0.2) is 9.82 Å². The Hall–Kier alpha value is -3.59. The summed E-state index contributed by atoms with van der Waals surface area (Å²) in [5.74, 6) is 0.888. The number of aromatic nitrogens is 3. The summed E-state index contributed by atoms with van der Waals surface area (Å²) in [4.78, 5) is 15.4. The molecular formula is C21H22FN7O. The van der Waals surface area contributed by atoms with Gasteiger partial charge in [0.15, 0.2) is 0 Å². The molecular weight excluding hydrogens is 385 g/mol. The molecule has 0 atom stereocenters. The first-order valence-electron chi connectivity index (χ1n) is 9.68. The van der Waals surface area contributed by atoms with Crippen molar-refractivity contribution in [2.24, 2.45) is 5.10 Å². The van der Waals surface area contributed by atoms with Crippen LogP contribution >= 0.6 is 0 Å². The predicted octanol–water partition coefficient (Wildman–Crippen LogP) is 2.91. The molecule has 0 saturated carbocycles. The van der Waals surface area contributed by atoms with Crippen LogP contribution in [0.15, 0.2) is 59.7 Å². The number of morpholine rings is 1. The maximum Gasteiger partial charge on any atom is 0.250 e. The summed E-state index contributed by atoms with van der Waals surface area (Å²) in [6, 6.07) is 16.4. The Bertz CT molecular complexity index is 994. The molecule has 154 valence electrons. The fourth-order valence-corrected chi connectivity index (χ4v) is 2.91. The molecule has 2 heterocycles. The van der Waals surface area contributed by atoms with Gasteiger partial charge in [0.2, 0.25) is 17.8 Å². The van der Waals surface area contributed by atoms with Crippen molar-refractivity contribution in [3.8, 4) is 0 Å². The number of hydrogen-bond acceptors (Lipinski definition) is 8. The van der Waals surface area contributed by atoms with Gasteiger partial charge in [-0.3, -0.25) is 0 Å². The monoisotopic (exact) mass is 407 g/mol. The van der Waals surface area contributed by atoms with E-state index in [1.54, 1.807) is 18.2 Å². The van der Waals surface area contributed by atoms with E-state index in [0.717, 1.165) is 5.56 Å². The summed E-state index contributed by atoms with van der Waals surface area (Å²) in [7, 11) is 0. The van der Waals surface area contributed by atoms with Gasteiger partial charge < -0.3 is 15.0 Å². The summed E-state index contributed by atoms with van der Waals surface area (Å²) in [5, 5.41) is 7.31. The van der Waals surface area contributed by atoms with E-state index in [2.05, 4.69) is 30.8 Å². The van der Waals surface area contributed by atoms with Crippen molar-refractivity contribution in [2.75, 3.05) is 41.9 Å². The highest BCUT2D eigenvalue weighted by atomic mass is 19.1. The molecule has 0 spiro atoms. The minimum Gasteiger partial charge on any atom is -0.378 e. The zero-order valence-corrected chi connectivity index (χ0v) is 16.3. The van der Waals surface area contributed by atoms with E-state index in [0.29, 0.717) is 50.3 Å². The van der Waals surface area contributed by atoms with E-state index in [4.69, 9.17) is 4.74 Å². The first-order valence-corrected chi connectivity index (χ1v) is 9.68. The lowest BCUT2D eigenvalue weighted by Crippen LogP contribution is -2.37. The Balaban J connectivity index is 1.52. The zero-order valence-electron chi connectivity index (χ0n) is 16.3. The standard InChI is InChI=1S/C21H22FN7O/c22-18-9-5-4-8-17(18)15-24-28-20-25-19(23-14-16-6-2-1-3-7-16)26-21(27-20)29-10-12-30-13-11-29/h1-9,15H,10-14H2,(H2,23,25,26,27,28). The van der Waals surface area contributed by atoms with Gasteiger partial charge in [0, 0.05) is 25.2 Å². The second-order valence-corrected chi connectivity index (χ2v) is 6.61. The molecule has 30 heavy (non-hydrogen) atoms. The fourth-order valence-electron chi connectivity index (χ4n) is 2.91. The number of hydrogen-bond donors (Lipinski definition) is 2. The third kappa shape index (κ3) is 5.26. The van der Waals surface area contributed by atoms with E-state index in [9.17, 15) is 4.39 Å². The van der Waals surface area contributed by atoms with E-state index < -0.39 is 0 Å². The van der Waals surface area contributed by atoms with Gasteiger partial charge in [-0.2, -0.15) is 20.1 Å². The lowest BCUT2D eigenvalue weighted by atomic mass is 10.2. The highest BCUT2D eigenvalue weighted by Crippen LogP contribution is 2.16. The molecule has 0 amide bonds. The number of nitrogens with zero attached hydrogens (tertiary/aromatic N) is 5. The number of halogens is 1. The Kier molecular flexibility index (Phi) is 6.41. The normalized spacial score (nSPS) is 14.1. The molecule has 2 aromatic carbocycles. The molecule has 0 aliphatic carbocycles. The number of benzene rings is 2. The molecule has 4 rings (SSSR count). The van der Waals surface area contributed by atoms with Crippen molar-refractivity contribution in [2.45, 2.75) is 6.54 Å². The van der Waals surface area contributed by atoms with E-state index >= 15 is 0 Å². The van der Waals surface area contributed by atoms with Crippen molar-refractivity contribution >= 4 is 24.1 Å². The van der Waals surface area contributed by atoms with E-state index in [1.165, 1.54) is 12.3 Å². The molecule has 9 heteroatoms. The van der Waals surface area contributed by atoms with Crippen LogP contribution in [-0.2, 0) is 11.3 Å². The number of hydrazone groups is 1. The molecule has 0 bridgehead atoms. The summed E-state index contributed by atoms with van der Waals surface area (Å²) in [6.07, 6.45) is 1.39. The number of ether oxygens (including phenoxy) is 1. The van der Waals surface area contributed by atoms with Gasteiger partial charge in [-0.15, -0.1) is 0 Å². The third-order valence-electron chi connectivity index (χ3n) is 4.48. The Morgan fingerprint density at radius 1 is 0.967 bits per heavy atom. The number of nitrogens with one attached hydrogen (secondary N) is 2. The van der Waals surface area contributed by atoms with Crippen LogP contribution in [0.25, 0.3) is 0 Å². The average Bonchev–Trinajstić information content (AvgIpc) is 2.80. The lowest BCUT2D eigenvalue weighted by molar-refractivity contribution is 0.122. The lowest BCUT2D eigenvalue weighted by Gasteiger charge is -2.27. The molecule has 2 N–H and O–H groups in total. The second kappa shape index (κ2) is 9.75.